The second-order valence-corrected chi connectivity index (χ2v) is 6.61. The Bertz CT molecular complexity index is 866. The Morgan fingerprint density at radius 2 is 2.11 bits per heavy atom. The third-order valence-corrected chi connectivity index (χ3v) is 4.46. The summed E-state index contributed by atoms with van der Waals surface area (Å²) in [4.78, 5) is 14.4. The Hall–Kier alpha value is -2.75. The molecule has 1 aliphatic heterocycles. The highest BCUT2D eigenvalue weighted by Gasteiger charge is 2.23. The maximum atomic E-state index is 12.4. The van der Waals surface area contributed by atoms with Crippen LogP contribution in [0.5, 0.6) is 11.5 Å². The number of likely N-dealkylation sites (N-methyl/N-ethyl adjacent to an activating group) is 1. The summed E-state index contributed by atoms with van der Waals surface area (Å²) in [7, 11) is 0. The lowest BCUT2D eigenvalue weighted by Crippen LogP contribution is -2.43. The van der Waals surface area contributed by atoms with Crippen molar-refractivity contribution in [3.8, 4) is 17.6 Å². The van der Waals surface area contributed by atoms with Crippen LogP contribution in [0, 0.1) is 11.3 Å². The molecular formula is C20H20ClN3O3. The zero-order valence-electron chi connectivity index (χ0n) is 14.9. The van der Waals surface area contributed by atoms with Gasteiger partial charge in [-0.15, -0.1) is 0 Å². The fourth-order valence-corrected chi connectivity index (χ4v) is 3.03. The van der Waals surface area contributed by atoms with Crippen molar-refractivity contribution in [3.63, 3.8) is 0 Å². The molecule has 7 heteroatoms. The van der Waals surface area contributed by atoms with Crippen LogP contribution in [0.25, 0.3) is 0 Å². The number of benzene rings is 2. The molecule has 0 radical (unpaired) electrons. The highest BCUT2D eigenvalue weighted by Crippen LogP contribution is 2.31. The first-order valence-electron chi connectivity index (χ1n) is 8.69. The van der Waals surface area contributed by atoms with E-state index in [4.69, 9.17) is 26.3 Å². The monoisotopic (exact) mass is 385 g/mol. The van der Waals surface area contributed by atoms with Crippen LogP contribution < -0.4 is 14.8 Å². The second-order valence-electron chi connectivity index (χ2n) is 6.18. The molecule has 1 unspecified atom stereocenters. The lowest BCUT2D eigenvalue weighted by atomic mass is 10.2. The molecule has 0 saturated carbocycles. The van der Waals surface area contributed by atoms with Crippen molar-refractivity contribution in [1.82, 2.24) is 4.90 Å². The number of para-hydroxylation sites is 2. The molecule has 140 valence electrons. The van der Waals surface area contributed by atoms with Crippen molar-refractivity contribution < 1.29 is 14.3 Å². The largest absolute Gasteiger partial charge is 0.486 e. The SMILES string of the molecule is CCN(CC(=O)Nc1cc(Cl)ccc1C#N)CC1COc2ccccc2O1. The van der Waals surface area contributed by atoms with E-state index in [1.165, 1.54) is 0 Å². The van der Waals surface area contributed by atoms with Crippen molar-refractivity contribution in [3.05, 3.63) is 53.1 Å². The molecule has 0 spiro atoms. The minimum Gasteiger partial charge on any atom is -0.486 e. The number of ether oxygens (including phenoxy) is 2. The van der Waals surface area contributed by atoms with E-state index in [0.29, 0.717) is 41.7 Å². The Kier molecular flexibility index (Phi) is 6.17. The lowest BCUT2D eigenvalue weighted by Gasteiger charge is -2.30. The van der Waals surface area contributed by atoms with Gasteiger partial charge >= 0.3 is 0 Å². The maximum Gasteiger partial charge on any atom is 0.238 e. The molecule has 6 nitrogen and oxygen atoms in total. The zero-order valence-corrected chi connectivity index (χ0v) is 15.7. The van der Waals surface area contributed by atoms with E-state index in [1.54, 1.807) is 18.2 Å². The van der Waals surface area contributed by atoms with E-state index in [1.807, 2.05) is 42.2 Å². The van der Waals surface area contributed by atoms with Crippen LogP contribution in [0.1, 0.15) is 12.5 Å². The summed E-state index contributed by atoms with van der Waals surface area (Å²) < 4.78 is 11.7. The lowest BCUT2D eigenvalue weighted by molar-refractivity contribution is -0.117. The van der Waals surface area contributed by atoms with Gasteiger partial charge in [0.1, 0.15) is 18.8 Å². The molecule has 27 heavy (non-hydrogen) atoms. The number of carbonyl (C=O) groups excluding carboxylic acids is 1. The molecule has 1 amide bonds. The number of fused-ring (bicyclic) bond motifs is 1. The van der Waals surface area contributed by atoms with Gasteiger partial charge in [0.2, 0.25) is 5.91 Å². The molecular weight excluding hydrogens is 366 g/mol. The number of nitrogens with one attached hydrogen (secondary N) is 1. The fraction of sp³-hybridized carbons (Fsp3) is 0.300. The van der Waals surface area contributed by atoms with E-state index in [0.717, 1.165) is 5.75 Å². The fourth-order valence-electron chi connectivity index (χ4n) is 2.86. The third kappa shape index (κ3) is 4.91. The number of hydrogen-bond donors (Lipinski definition) is 1. The number of amides is 1. The zero-order chi connectivity index (χ0) is 19.2. The normalized spacial score (nSPS) is 15.3. The van der Waals surface area contributed by atoms with Gasteiger partial charge in [-0.1, -0.05) is 30.7 Å². The number of hydrogen-bond acceptors (Lipinski definition) is 5. The molecule has 3 rings (SSSR count). The van der Waals surface area contributed by atoms with E-state index in [-0.39, 0.29) is 18.6 Å². The van der Waals surface area contributed by atoms with Crippen LogP contribution in [0.15, 0.2) is 42.5 Å². The van der Waals surface area contributed by atoms with Crippen molar-refractivity contribution in [2.24, 2.45) is 0 Å². The molecule has 2 aromatic carbocycles. The van der Waals surface area contributed by atoms with Gasteiger partial charge in [-0.3, -0.25) is 9.69 Å². The molecule has 0 fully saturated rings. The number of carbonyl (C=O) groups is 1. The van der Waals surface area contributed by atoms with Crippen LogP contribution >= 0.6 is 11.6 Å². The van der Waals surface area contributed by atoms with Crippen LogP contribution in [0.3, 0.4) is 0 Å². The molecule has 2 aromatic rings. The average molecular weight is 386 g/mol. The Balaban J connectivity index is 1.58. The van der Waals surface area contributed by atoms with Gasteiger partial charge in [0.25, 0.3) is 0 Å². The highest BCUT2D eigenvalue weighted by molar-refractivity contribution is 6.31. The van der Waals surface area contributed by atoms with E-state index in [9.17, 15) is 4.79 Å². The average Bonchev–Trinajstić information content (AvgIpc) is 2.67. The number of nitrogens with zero attached hydrogens (tertiary/aromatic N) is 2. The number of nitriles is 1. The molecule has 0 aliphatic carbocycles. The molecule has 1 aliphatic rings. The quantitative estimate of drug-likeness (QED) is 0.825. The van der Waals surface area contributed by atoms with Gasteiger partial charge in [0.05, 0.1) is 17.8 Å². The van der Waals surface area contributed by atoms with Crippen LogP contribution in [0.2, 0.25) is 5.02 Å². The summed E-state index contributed by atoms with van der Waals surface area (Å²) in [6.45, 7) is 3.82. The van der Waals surface area contributed by atoms with Crippen molar-refractivity contribution in [1.29, 1.82) is 5.26 Å². The first kappa shape index (κ1) is 19.0. The van der Waals surface area contributed by atoms with Crippen LogP contribution in [-0.4, -0.2) is 43.2 Å². The van der Waals surface area contributed by atoms with Gasteiger partial charge in [-0.25, -0.2) is 0 Å². The first-order valence-corrected chi connectivity index (χ1v) is 9.07. The van der Waals surface area contributed by atoms with Crippen molar-refractivity contribution >= 4 is 23.2 Å². The van der Waals surface area contributed by atoms with Crippen molar-refractivity contribution in [2.45, 2.75) is 13.0 Å². The molecule has 0 bridgehead atoms. The Morgan fingerprint density at radius 1 is 1.33 bits per heavy atom. The summed E-state index contributed by atoms with van der Waals surface area (Å²) >= 11 is 5.96. The minimum atomic E-state index is -0.215. The molecule has 1 atom stereocenters. The van der Waals surface area contributed by atoms with Gasteiger partial charge in [0, 0.05) is 11.6 Å². The molecule has 0 aromatic heterocycles. The molecule has 1 N–H and O–H groups in total. The van der Waals surface area contributed by atoms with E-state index in [2.05, 4.69) is 5.32 Å². The molecule has 1 heterocycles. The number of anilines is 1. The van der Waals surface area contributed by atoms with Crippen LogP contribution in [-0.2, 0) is 4.79 Å². The predicted molar refractivity (Wildman–Crippen MR) is 103 cm³/mol. The summed E-state index contributed by atoms with van der Waals surface area (Å²) in [5.41, 5.74) is 0.786. The van der Waals surface area contributed by atoms with Gasteiger partial charge in [-0.05, 0) is 36.9 Å². The van der Waals surface area contributed by atoms with E-state index < -0.39 is 0 Å². The van der Waals surface area contributed by atoms with E-state index >= 15 is 0 Å². The summed E-state index contributed by atoms with van der Waals surface area (Å²) in [5, 5.41) is 12.4. The summed E-state index contributed by atoms with van der Waals surface area (Å²) in [5.74, 6) is 1.24. The summed E-state index contributed by atoms with van der Waals surface area (Å²) in [6.07, 6.45) is -0.159. The third-order valence-electron chi connectivity index (χ3n) is 4.22. The number of halogens is 1. The Morgan fingerprint density at radius 3 is 2.85 bits per heavy atom. The summed E-state index contributed by atoms with van der Waals surface area (Å²) in [6, 6.07) is 14.4. The van der Waals surface area contributed by atoms with Gasteiger partial charge in [0.15, 0.2) is 11.5 Å². The smallest absolute Gasteiger partial charge is 0.238 e. The van der Waals surface area contributed by atoms with Gasteiger partial charge in [-0.2, -0.15) is 5.26 Å². The maximum absolute atomic E-state index is 12.4. The van der Waals surface area contributed by atoms with Gasteiger partial charge < -0.3 is 14.8 Å². The van der Waals surface area contributed by atoms with Crippen LogP contribution in [0.4, 0.5) is 5.69 Å². The topological polar surface area (TPSA) is 74.6 Å². The van der Waals surface area contributed by atoms with Crippen molar-refractivity contribution in [2.75, 3.05) is 31.6 Å². The standard InChI is InChI=1S/C20H20ClN3O3/c1-2-24(11-16-13-26-18-5-3-4-6-19(18)27-16)12-20(25)23-17-9-15(21)8-7-14(17)10-22/h3-9,16H,2,11-13H2,1H3,(H,23,25). The molecule has 0 saturated heterocycles. The minimum absolute atomic E-state index is 0.159. The second kappa shape index (κ2) is 8.76. The number of rotatable bonds is 6. The first-order chi connectivity index (χ1) is 13.1. The highest BCUT2D eigenvalue weighted by atomic mass is 35.5. The Labute approximate surface area is 163 Å². The predicted octanol–water partition coefficient (Wildman–Crippen LogP) is 3.31.